The first-order chi connectivity index (χ1) is 9.79. The highest BCUT2D eigenvalue weighted by Crippen LogP contribution is 2.41. The highest BCUT2D eigenvalue weighted by molar-refractivity contribution is 5.78. The van der Waals surface area contributed by atoms with Crippen LogP contribution in [0.5, 0.6) is 0 Å². The van der Waals surface area contributed by atoms with Crippen molar-refractivity contribution in [1.82, 2.24) is 5.32 Å². The molecule has 2 aliphatic rings. The summed E-state index contributed by atoms with van der Waals surface area (Å²) in [5, 5.41) is 4.53. The molecule has 1 aromatic heterocycles. The molecule has 0 saturated heterocycles. The maximum absolute atomic E-state index is 13.3. The fourth-order valence-corrected chi connectivity index (χ4v) is 3.48. The zero-order valence-corrected chi connectivity index (χ0v) is 11.6. The van der Waals surface area contributed by atoms with Gasteiger partial charge in [0.1, 0.15) is 17.2 Å². The summed E-state index contributed by atoms with van der Waals surface area (Å²) in [5.74, 6) is 2.02. The van der Waals surface area contributed by atoms with Crippen molar-refractivity contribution in [1.29, 1.82) is 0 Å². The second-order valence-electron chi connectivity index (χ2n) is 6.31. The fourth-order valence-electron chi connectivity index (χ4n) is 3.48. The van der Waals surface area contributed by atoms with Gasteiger partial charge in [-0.15, -0.1) is 0 Å². The number of hydrogen-bond acceptors (Lipinski definition) is 2. The van der Waals surface area contributed by atoms with E-state index in [1.165, 1.54) is 38.2 Å². The van der Waals surface area contributed by atoms with Crippen LogP contribution in [0.1, 0.15) is 43.8 Å². The predicted molar refractivity (Wildman–Crippen MR) is 77.3 cm³/mol. The van der Waals surface area contributed by atoms with Crippen LogP contribution < -0.4 is 5.32 Å². The number of rotatable bonds is 4. The van der Waals surface area contributed by atoms with Crippen molar-refractivity contribution < 1.29 is 8.81 Å². The summed E-state index contributed by atoms with van der Waals surface area (Å²) >= 11 is 0. The molecule has 2 saturated carbocycles. The Morgan fingerprint density at radius 2 is 2.05 bits per heavy atom. The first-order valence-corrected chi connectivity index (χ1v) is 7.72. The standard InChI is InChI=1S/C17H20FNO/c18-13-4-7-16-12(8-13)9-17(20-16)15-3-1-2-11(15)10-19-14-5-6-14/h4,7-9,11,14-15,19H,1-3,5-6,10H2. The van der Waals surface area contributed by atoms with Crippen LogP contribution in [0.25, 0.3) is 11.0 Å². The second-order valence-corrected chi connectivity index (χ2v) is 6.31. The molecule has 20 heavy (non-hydrogen) atoms. The molecule has 2 aromatic rings. The first-order valence-electron chi connectivity index (χ1n) is 7.72. The van der Waals surface area contributed by atoms with Gasteiger partial charge in [-0.1, -0.05) is 6.42 Å². The van der Waals surface area contributed by atoms with Crippen LogP contribution in [0.3, 0.4) is 0 Å². The quantitative estimate of drug-likeness (QED) is 0.902. The van der Waals surface area contributed by atoms with E-state index in [9.17, 15) is 4.39 Å². The Balaban J connectivity index is 1.56. The van der Waals surface area contributed by atoms with Gasteiger partial charge in [-0.2, -0.15) is 0 Å². The van der Waals surface area contributed by atoms with Gasteiger partial charge in [0, 0.05) is 17.3 Å². The lowest BCUT2D eigenvalue weighted by Gasteiger charge is -2.18. The SMILES string of the molecule is Fc1ccc2oc(C3CCCC3CNC3CC3)cc2c1. The zero-order valence-electron chi connectivity index (χ0n) is 11.6. The molecule has 106 valence electrons. The Bertz CT molecular complexity index is 616. The number of fused-ring (bicyclic) bond motifs is 1. The molecule has 0 spiro atoms. The fraction of sp³-hybridized carbons (Fsp3) is 0.529. The van der Waals surface area contributed by atoms with E-state index in [2.05, 4.69) is 5.32 Å². The van der Waals surface area contributed by atoms with Crippen LogP contribution in [0.4, 0.5) is 4.39 Å². The molecular weight excluding hydrogens is 253 g/mol. The second kappa shape index (κ2) is 4.88. The van der Waals surface area contributed by atoms with Crippen molar-refractivity contribution in [2.45, 2.75) is 44.1 Å². The van der Waals surface area contributed by atoms with Gasteiger partial charge in [-0.25, -0.2) is 4.39 Å². The summed E-state index contributed by atoms with van der Waals surface area (Å²) in [5.41, 5.74) is 0.808. The molecule has 2 unspecified atom stereocenters. The van der Waals surface area contributed by atoms with Gasteiger partial charge >= 0.3 is 0 Å². The van der Waals surface area contributed by atoms with Gasteiger partial charge in [0.05, 0.1) is 0 Å². The minimum atomic E-state index is -0.191. The molecule has 2 nitrogen and oxygen atoms in total. The predicted octanol–water partition coefficient (Wildman–Crippen LogP) is 4.21. The van der Waals surface area contributed by atoms with Crippen LogP contribution in [-0.4, -0.2) is 12.6 Å². The zero-order chi connectivity index (χ0) is 13.5. The summed E-state index contributed by atoms with van der Waals surface area (Å²) in [6.07, 6.45) is 6.41. The topological polar surface area (TPSA) is 25.2 Å². The highest BCUT2D eigenvalue weighted by atomic mass is 19.1. The van der Waals surface area contributed by atoms with E-state index in [1.54, 1.807) is 12.1 Å². The van der Waals surface area contributed by atoms with Gasteiger partial charge in [0.2, 0.25) is 0 Å². The molecule has 0 amide bonds. The summed E-state index contributed by atoms with van der Waals surface area (Å²) < 4.78 is 19.2. The molecule has 1 heterocycles. The smallest absolute Gasteiger partial charge is 0.134 e. The molecule has 4 rings (SSSR count). The average Bonchev–Trinajstić information content (AvgIpc) is 2.99. The van der Waals surface area contributed by atoms with Crippen LogP contribution >= 0.6 is 0 Å². The Morgan fingerprint density at radius 1 is 1.15 bits per heavy atom. The summed E-state index contributed by atoms with van der Waals surface area (Å²) in [6.45, 7) is 1.10. The van der Waals surface area contributed by atoms with Crippen LogP contribution in [0.2, 0.25) is 0 Å². The highest BCUT2D eigenvalue weighted by Gasteiger charge is 2.32. The third kappa shape index (κ3) is 2.35. The van der Waals surface area contributed by atoms with Gasteiger partial charge in [0.15, 0.2) is 0 Å². The maximum atomic E-state index is 13.3. The van der Waals surface area contributed by atoms with E-state index < -0.39 is 0 Å². The lowest BCUT2D eigenvalue weighted by Crippen LogP contribution is -2.26. The Morgan fingerprint density at radius 3 is 2.90 bits per heavy atom. The number of hydrogen-bond donors (Lipinski definition) is 1. The van der Waals surface area contributed by atoms with Crippen molar-refractivity contribution in [3.63, 3.8) is 0 Å². The molecule has 2 aliphatic carbocycles. The number of nitrogens with one attached hydrogen (secondary N) is 1. The van der Waals surface area contributed by atoms with Crippen molar-refractivity contribution in [3.05, 3.63) is 35.8 Å². The van der Waals surface area contributed by atoms with Gasteiger partial charge < -0.3 is 9.73 Å². The van der Waals surface area contributed by atoms with Crippen LogP contribution in [0.15, 0.2) is 28.7 Å². The van der Waals surface area contributed by atoms with Crippen molar-refractivity contribution >= 4 is 11.0 Å². The summed E-state index contributed by atoms with van der Waals surface area (Å²) in [4.78, 5) is 0. The van der Waals surface area contributed by atoms with E-state index in [4.69, 9.17) is 4.42 Å². The van der Waals surface area contributed by atoms with Gasteiger partial charge in [0.25, 0.3) is 0 Å². The number of benzene rings is 1. The van der Waals surface area contributed by atoms with E-state index >= 15 is 0 Å². The van der Waals surface area contributed by atoms with Crippen LogP contribution in [-0.2, 0) is 0 Å². The van der Waals surface area contributed by atoms with Gasteiger partial charge in [-0.3, -0.25) is 0 Å². The Kier molecular flexibility index (Phi) is 3.03. The van der Waals surface area contributed by atoms with Gasteiger partial charge in [-0.05, 0) is 62.4 Å². The molecule has 2 fully saturated rings. The molecule has 0 bridgehead atoms. The molecular formula is C17H20FNO. The lowest BCUT2D eigenvalue weighted by molar-refractivity contribution is 0.390. The molecule has 1 aromatic carbocycles. The number of furan rings is 1. The third-order valence-corrected chi connectivity index (χ3v) is 4.77. The van der Waals surface area contributed by atoms with E-state index in [0.717, 1.165) is 29.3 Å². The normalized spacial score (nSPS) is 26.4. The molecule has 2 atom stereocenters. The summed E-state index contributed by atoms with van der Waals surface area (Å²) in [6, 6.07) is 7.57. The van der Waals surface area contributed by atoms with E-state index in [0.29, 0.717) is 11.8 Å². The Hall–Kier alpha value is -1.35. The van der Waals surface area contributed by atoms with Crippen LogP contribution in [0, 0.1) is 11.7 Å². The molecule has 0 aliphatic heterocycles. The Labute approximate surface area is 118 Å². The maximum Gasteiger partial charge on any atom is 0.134 e. The van der Waals surface area contributed by atoms with E-state index in [-0.39, 0.29) is 5.82 Å². The molecule has 3 heteroatoms. The molecule has 0 radical (unpaired) electrons. The minimum absolute atomic E-state index is 0.191. The van der Waals surface area contributed by atoms with Crippen molar-refractivity contribution in [2.75, 3.05) is 6.54 Å². The summed E-state index contributed by atoms with van der Waals surface area (Å²) in [7, 11) is 0. The largest absolute Gasteiger partial charge is 0.461 e. The number of halogens is 1. The third-order valence-electron chi connectivity index (χ3n) is 4.77. The minimum Gasteiger partial charge on any atom is -0.461 e. The first kappa shape index (κ1) is 12.4. The lowest BCUT2D eigenvalue weighted by atomic mass is 9.93. The van der Waals surface area contributed by atoms with Crippen molar-refractivity contribution in [2.24, 2.45) is 5.92 Å². The van der Waals surface area contributed by atoms with E-state index in [1.807, 2.05) is 6.07 Å². The molecule has 1 N–H and O–H groups in total. The van der Waals surface area contributed by atoms with Crippen molar-refractivity contribution in [3.8, 4) is 0 Å². The monoisotopic (exact) mass is 273 g/mol. The average molecular weight is 273 g/mol.